The molecule has 0 aromatic carbocycles. The third-order valence-electron chi connectivity index (χ3n) is 3.22. The highest BCUT2D eigenvalue weighted by molar-refractivity contribution is 6.30. The molecule has 0 saturated carbocycles. The molecule has 0 bridgehead atoms. The first-order valence-electron chi connectivity index (χ1n) is 5.71. The molecule has 2 heterocycles. The summed E-state index contributed by atoms with van der Waals surface area (Å²) < 4.78 is 0. The molecule has 6 heteroatoms. The van der Waals surface area contributed by atoms with Gasteiger partial charge in [-0.3, -0.25) is 9.69 Å². The Morgan fingerprint density at radius 1 is 1.50 bits per heavy atom. The first kappa shape index (κ1) is 12.8. The second-order valence-electron chi connectivity index (χ2n) is 4.46. The zero-order valence-electron chi connectivity index (χ0n) is 10.2. The Morgan fingerprint density at radius 3 is 2.78 bits per heavy atom. The molecule has 1 fully saturated rings. The van der Waals surface area contributed by atoms with Crippen LogP contribution in [0.1, 0.15) is 25.8 Å². The molecular weight excluding hydrogens is 254 g/mol. The Bertz CT molecular complexity index is 506. The van der Waals surface area contributed by atoms with E-state index in [2.05, 4.69) is 10.3 Å². The fraction of sp³-hybridized carbons (Fsp3) is 0.417. The number of amides is 3. The second-order valence-corrected chi connectivity index (χ2v) is 4.82. The van der Waals surface area contributed by atoms with Crippen LogP contribution in [0.2, 0.25) is 5.15 Å². The van der Waals surface area contributed by atoms with Gasteiger partial charge >= 0.3 is 6.03 Å². The predicted molar refractivity (Wildman–Crippen MR) is 67.0 cm³/mol. The summed E-state index contributed by atoms with van der Waals surface area (Å²) in [5, 5.41) is 3.00. The molecule has 1 aromatic rings. The van der Waals surface area contributed by atoms with Crippen LogP contribution in [0.25, 0.3) is 0 Å². The molecule has 18 heavy (non-hydrogen) atoms. The zero-order chi connectivity index (χ0) is 13.3. The van der Waals surface area contributed by atoms with E-state index in [9.17, 15) is 9.59 Å². The first-order chi connectivity index (χ1) is 8.48. The summed E-state index contributed by atoms with van der Waals surface area (Å²) in [4.78, 5) is 29.1. The number of imide groups is 1. The van der Waals surface area contributed by atoms with E-state index in [-0.39, 0.29) is 18.5 Å². The molecule has 1 N–H and O–H groups in total. The summed E-state index contributed by atoms with van der Waals surface area (Å²) in [6.45, 7) is 3.73. The minimum Gasteiger partial charge on any atom is -0.323 e. The molecule has 0 spiro atoms. The van der Waals surface area contributed by atoms with Crippen molar-refractivity contribution >= 4 is 23.5 Å². The number of carbonyl (C=O) groups excluding carboxylic acids is 2. The average Bonchev–Trinajstić information content (AvgIpc) is 2.56. The molecule has 0 radical (unpaired) electrons. The summed E-state index contributed by atoms with van der Waals surface area (Å²) in [5.74, 6) is -0.227. The Balaban J connectivity index is 2.23. The van der Waals surface area contributed by atoms with Gasteiger partial charge in [0.05, 0.1) is 6.54 Å². The van der Waals surface area contributed by atoms with Crippen LogP contribution in [0, 0.1) is 0 Å². The van der Waals surface area contributed by atoms with Crippen molar-refractivity contribution in [3.63, 3.8) is 0 Å². The molecule has 96 valence electrons. The van der Waals surface area contributed by atoms with Gasteiger partial charge in [-0.15, -0.1) is 0 Å². The van der Waals surface area contributed by atoms with E-state index >= 15 is 0 Å². The van der Waals surface area contributed by atoms with Crippen LogP contribution < -0.4 is 5.32 Å². The monoisotopic (exact) mass is 267 g/mol. The number of nitrogens with zero attached hydrogens (tertiary/aromatic N) is 2. The van der Waals surface area contributed by atoms with E-state index in [1.807, 2.05) is 6.92 Å². The Hall–Kier alpha value is -1.62. The molecule has 2 rings (SSSR count). The molecule has 1 aliphatic rings. The largest absolute Gasteiger partial charge is 0.325 e. The molecule has 0 aliphatic carbocycles. The van der Waals surface area contributed by atoms with E-state index in [0.29, 0.717) is 17.1 Å². The van der Waals surface area contributed by atoms with Crippen molar-refractivity contribution < 1.29 is 9.59 Å². The fourth-order valence-electron chi connectivity index (χ4n) is 1.84. The summed E-state index contributed by atoms with van der Waals surface area (Å²) in [7, 11) is 0. The predicted octanol–water partition coefficient (Wildman–Crippen LogP) is 1.96. The van der Waals surface area contributed by atoms with Gasteiger partial charge in [-0.25, -0.2) is 9.78 Å². The Kier molecular flexibility index (Phi) is 3.26. The SMILES string of the molecule is CCC1(C)NC(=O)N(Cc2cccnc2Cl)C1=O. The van der Waals surface area contributed by atoms with Crippen LogP contribution in [0.15, 0.2) is 18.3 Å². The highest BCUT2D eigenvalue weighted by Gasteiger charge is 2.46. The third-order valence-corrected chi connectivity index (χ3v) is 3.56. The Morgan fingerprint density at radius 2 is 2.22 bits per heavy atom. The second kappa shape index (κ2) is 4.57. The lowest BCUT2D eigenvalue weighted by Crippen LogP contribution is -2.43. The lowest BCUT2D eigenvalue weighted by Gasteiger charge is -2.19. The fourth-order valence-corrected chi connectivity index (χ4v) is 2.02. The van der Waals surface area contributed by atoms with Gasteiger partial charge in [-0.2, -0.15) is 0 Å². The molecule has 5 nitrogen and oxygen atoms in total. The van der Waals surface area contributed by atoms with E-state index < -0.39 is 5.54 Å². The molecule has 1 saturated heterocycles. The molecule has 3 amide bonds. The summed E-state index contributed by atoms with van der Waals surface area (Å²) in [6.07, 6.45) is 2.11. The van der Waals surface area contributed by atoms with Crippen LogP contribution >= 0.6 is 11.6 Å². The standard InChI is InChI=1S/C12H14ClN3O2/c1-3-12(2)10(17)16(11(18)15-12)7-8-5-4-6-14-9(8)13/h4-6H,3,7H2,1-2H3,(H,15,18). The number of urea groups is 1. The van der Waals surface area contributed by atoms with Crippen molar-refractivity contribution in [3.8, 4) is 0 Å². The highest BCUT2D eigenvalue weighted by atomic mass is 35.5. The van der Waals surface area contributed by atoms with Gasteiger partial charge in [-0.05, 0) is 19.4 Å². The van der Waals surface area contributed by atoms with E-state index in [4.69, 9.17) is 11.6 Å². The van der Waals surface area contributed by atoms with Crippen molar-refractivity contribution in [3.05, 3.63) is 29.0 Å². The maximum absolute atomic E-state index is 12.2. The van der Waals surface area contributed by atoms with Gasteiger partial charge < -0.3 is 5.32 Å². The van der Waals surface area contributed by atoms with Crippen LogP contribution in [-0.4, -0.2) is 27.4 Å². The van der Waals surface area contributed by atoms with Crippen LogP contribution in [-0.2, 0) is 11.3 Å². The van der Waals surface area contributed by atoms with Crippen molar-refractivity contribution in [1.29, 1.82) is 0 Å². The maximum atomic E-state index is 12.2. The number of hydrogen-bond donors (Lipinski definition) is 1. The first-order valence-corrected chi connectivity index (χ1v) is 6.09. The number of rotatable bonds is 3. The van der Waals surface area contributed by atoms with Gasteiger partial charge in [0.25, 0.3) is 5.91 Å². The van der Waals surface area contributed by atoms with Crippen LogP contribution in [0.3, 0.4) is 0 Å². The van der Waals surface area contributed by atoms with E-state index in [1.54, 1.807) is 25.3 Å². The van der Waals surface area contributed by atoms with E-state index in [1.165, 1.54) is 4.90 Å². The number of hydrogen-bond acceptors (Lipinski definition) is 3. The topological polar surface area (TPSA) is 62.3 Å². The maximum Gasteiger partial charge on any atom is 0.325 e. The molecule has 1 atom stereocenters. The van der Waals surface area contributed by atoms with Crippen molar-refractivity contribution in [2.75, 3.05) is 0 Å². The van der Waals surface area contributed by atoms with Crippen LogP contribution in [0.4, 0.5) is 4.79 Å². The number of aromatic nitrogens is 1. The third kappa shape index (κ3) is 2.06. The zero-order valence-corrected chi connectivity index (χ0v) is 11.0. The van der Waals surface area contributed by atoms with Gasteiger partial charge in [0, 0.05) is 11.8 Å². The molecule has 1 aromatic heterocycles. The number of pyridine rings is 1. The summed E-state index contributed by atoms with van der Waals surface area (Å²) in [5.41, 5.74) is -0.158. The quantitative estimate of drug-likeness (QED) is 0.673. The van der Waals surface area contributed by atoms with E-state index in [0.717, 1.165) is 0 Å². The normalized spacial score (nSPS) is 23.4. The smallest absolute Gasteiger partial charge is 0.323 e. The number of halogens is 1. The number of nitrogens with one attached hydrogen (secondary N) is 1. The highest BCUT2D eigenvalue weighted by Crippen LogP contribution is 2.24. The van der Waals surface area contributed by atoms with Crippen molar-refractivity contribution in [2.45, 2.75) is 32.4 Å². The van der Waals surface area contributed by atoms with Gasteiger partial charge in [-0.1, -0.05) is 24.6 Å². The minimum absolute atomic E-state index is 0.146. The lowest BCUT2D eigenvalue weighted by molar-refractivity contribution is -0.131. The van der Waals surface area contributed by atoms with Gasteiger partial charge in [0.2, 0.25) is 0 Å². The lowest BCUT2D eigenvalue weighted by atomic mass is 9.99. The molecule has 1 aliphatic heterocycles. The average molecular weight is 268 g/mol. The van der Waals surface area contributed by atoms with Crippen molar-refractivity contribution in [2.24, 2.45) is 0 Å². The summed E-state index contributed by atoms with van der Waals surface area (Å²) in [6, 6.07) is 3.08. The van der Waals surface area contributed by atoms with Crippen molar-refractivity contribution in [1.82, 2.24) is 15.2 Å². The molecular formula is C12H14ClN3O2. The summed E-state index contributed by atoms with van der Waals surface area (Å²) >= 11 is 5.92. The number of carbonyl (C=O) groups is 2. The van der Waals surface area contributed by atoms with Crippen LogP contribution in [0.5, 0.6) is 0 Å². The molecule has 1 unspecified atom stereocenters. The minimum atomic E-state index is -0.814. The van der Waals surface area contributed by atoms with Gasteiger partial charge in [0.1, 0.15) is 10.7 Å². The Labute approximate surface area is 110 Å². The van der Waals surface area contributed by atoms with Gasteiger partial charge in [0.15, 0.2) is 0 Å².